The molecule has 1 aliphatic heterocycles. The highest BCUT2D eigenvalue weighted by molar-refractivity contribution is 14.1. The van der Waals surface area contributed by atoms with Crippen molar-refractivity contribution in [2.75, 3.05) is 33.1 Å². The van der Waals surface area contributed by atoms with Gasteiger partial charge in [-0.1, -0.05) is 0 Å². The maximum absolute atomic E-state index is 4.81. The lowest BCUT2D eigenvalue weighted by Crippen LogP contribution is -3.00. The first-order valence-corrected chi connectivity index (χ1v) is 8.57. The number of nitrogens with zero attached hydrogens (tertiary/aromatic N) is 3. The van der Waals surface area contributed by atoms with Crippen LogP contribution in [0.5, 0.6) is 0 Å². The van der Waals surface area contributed by atoms with Gasteiger partial charge in [0.05, 0.1) is 20.8 Å². The highest BCUT2D eigenvalue weighted by Gasteiger charge is 2.15. The highest BCUT2D eigenvalue weighted by atomic mass is 131. The molecule has 22 heavy (non-hydrogen) atoms. The molecule has 1 aromatic rings. The molecular weight excluding hydrogens is 522 g/mol. The van der Waals surface area contributed by atoms with Crippen molar-refractivity contribution < 1.29 is 24.0 Å². The molecule has 2 aliphatic rings. The van der Waals surface area contributed by atoms with Gasteiger partial charge in [-0.3, -0.25) is 0 Å². The van der Waals surface area contributed by atoms with Crippen molar-refractivity contribution in [3.63, 3.8) is 0 Å². The second-order valence-electron chi connectivity index (χ2n) is 5.40. The Balaban J connectivity index is 0.00000176. The van der Waals surface area contributed by atoms with Crippen LogP contribution in [0.1, 0.15) is 0 Å². The summed E-state index contributed by atoms with van der Waals surface area (Å²) in [7, 11) is 8.28. The topological polar surface area (TPSA) is 19.1 Å². The number of fused-ring (bicyclic) bond motifs is 2. The first kappa shape index (κ1) is 17.9. The van der Waals surface area contributed by atoms with Crippen LogP contribution in [0, 0.1) is 3.57 Å². The van der Waals surface area contributed by atoms with Crippen molar-refractivity contribution in [1.29, 1.82) is 0 Å². The van der Waals surface area contributed by atoms with Gasteiger partial charge in [-0.25, -0.2) is 9.56 Å². The predicted molar refractivity (Wildman–Crippen MR) is 100 cm³/mol. The smallest absolute Gasteiger partial charge is 0.214 e. The summed E-state index contributed by atoms with van der Waals surface area (Å²) in [6, 6.07) is 10.7. The molecule has 0 radical (unpaired) electrons. The van der Waals surface area contributed by atoms with Gasteiger partial charge < -0.3 is 28.9 Å². The Hall–Kier alpha value is -0.480. The number of benzene rings is 2. The van der Waals surface area contributed by atoms with Crippen molar-refractivity contribution in [2.45, 2.75) is 0 Å². The van der Waals surface area contributed by atoms with Crippen molar-refractivity contribution in [3.05, 3.63) is 39.3 Å². The zero-order valence-corrected chi connectivity index (χ0v) is 18.0. The number of anilines is 1. The van der Waals surface area contributed by atoms with E-state index in [9.17, 15) is 0 Å². The first-order valence-electron chi connectivity index (χ1n) is 6.68. The molecule has 6 heteroatoms. The van der Waals surface area contributed by atoms with E-state index >= 15 is 0 Å². The zero-order chi connectivity index (χ0) is 15.1. The van der Waals surface area contributed by atoms with E-state index in [-0.39, 0.29) is 24.0 Å². The number of hydrogen-bond donors (Lipinski definition) is 0. The molecule has 116 valence electrons. The Morgan fingerprint density at radius 2 is 1.86 bits per heavy atom. The fourth-order valence-corrected chi connectivity index (χ4v) is 4.56. The molecular formula is C16H17I2N3S. The van der Waals surface area contributed by atoms with E-state index in [1.807, 2.05) is 11.3 Å². The quantitative estimate of drug-likeness (QED) is 0.249. The van der Waals surface area contributed by atoms with Crippen LogP contribution in [0.3, 0.4) is 0 Å². The van der Waals surface area contributed by atoms with Crippen molar-refractivity contribution >= 4 is 49.8 Å². The lowest BCUT2D eigenvalue weighted by molar-refractivity contribution is -0.00000416. The Kier molecular flexibility index (Phi) is 5.65. The van der Waals surface area contributed by atoms with Crippen LogP contribution in [0.4, 0.5) is 5.69 Å². The number of aromatic nitrogens is 1. The Morgan fingerprint density at radius 1 is 1.14 bits per heavy atom. The Morgan fingerprint density at radius 3 is 2.50 bits per heavy atom. The molecule has 0 N–H and O–H groups in total. The molecule has 0 spiro atoms. The van der Waals surface area contributed by atoms with Crippen molar-refractivity contribution in [3.8, 4) is 10.6 Å². The normalized spacial score (nSPS) is 10.6. The fourth-order valence-electron chi connectivity index (χ4n) is 2.26. The molecule has 1 aliphatic carbocycles. The van der Waals surface area contributed by atoms with Crippen LogP contribution in [0.15, 0.2) is 30.3 Å². The maximum atomic E-state index is 4.81. The largest absolute Gasteiger partial charge is 1.00 e. The third-order valence-corrected chi connectivity index (χ3v) is 6.07. The minimum absolute atomic E-state index is 0. The molecule has 0 saturated carbocycles. The molecule has 0 fully saturated rings. The average Bonchev–Trinajstić information content (AvgIpc) is 2.45. The molecule has 0 atom stereocenters. The van der Waals surface area contributed by atoms with Gasteiger partial charge >= 0.3 is 0 Å². The monoisotopic (exact) mass is 539 g/mol. The summed E-state index contributed by atoms with van der Waals surface area (Å²) in [5.41, 5.74) is 3.34. The summed E-state index contributed by atoms with van der Waals surface area (Å²) < 4.78 is 4.64. The van der Waals surface area contributed by atoms with Gasteiger partial charge in [0.25, 0.3) is 0 Å². The van der Waals surface area contributed by atoms with Gasteiger partial charge in [0.15, 0.2) is 0 Å². The van der Waals surface area contributed by atoms with Gasteiger partial charge in [-0.05, 0) is 46.9 Å². The molecule has 3 nitrogen and oxygen atoms in total. The van der Waals surface area contributed by atoms with Crippen LogP contribution in [0.2, 0.25) is 0 Å². The summed E-state index contributed by atoms with van der Waals surface area (Å²) >= 11 is 4.24. The van der Waals surface area contributed by atoms with E-state index in [0.29, 0.717) is 0 Å². The van der Waals surface area contributed by atoms with Gasteiger partial charge in [0, 0.05) is 25.8 Å². The highest BCUT2D eigenvalue weighted by Crippen LogP contribution is 2.34. The molecule has 0 aromatic heterocycles. The standard InChI is InChI=1S/C16H17IN3S.HI/c1-19(2)10-5-6-11-14(9-10)21-16-12(18-11)7-8-13(15(16)17)20(3)4;/h5-9H,1-4H3;1H/q+1;/p-1/i17-2;1+4. The van der Waals surface area contributed by atoms with Gasteiger partial charge in [-0.15, -0.1) is 11.3 Å². The summed E-state index contributed by atoms with van der Waals surface area (Å²) in [5, 5.41) is 1.24. The van der Waals surface area contributed by atoms with Gasteiger partial charge in [-0.2, -0.15) is 0 Å². The third kappa shape index (κ3) is 3.23. The molecule has 0 bridgehead atoms. The summed E-state index contributed by atoms with van der Waals surface area (Å²) in [4.78, 5) is 8.19. The van der Waals surface area contributed by atoms with E-state index in [4.69, 9.17) is 4.98 Å². The predicted octanol–water partition coefficient (Wildman–Crippen LogP) is 0.107. The SMILES string of the molecule is CN(C)c1ccc2nc3ccc(=[N+](C)C)c([125I])c-3sc2c1.[131I-]. The fraction of sp³-hybridized carbons (Fsp3) is 0.250. The van der Waals surface area contributed by atoms with E-state index < -0.39 is 0 Å². The second-order valence-corrected chi connectivity index (χ2v) is 7.53. The first-order chi connectivity index (χ1) is 9.97. The lowest BCUT2D eigenvalue weighted by atomic mass is 10.2. The zero-order valence-electron chi connectivity index (χ0n) is 12.9. The third-order valence-electron chi connectivity index (χ3n) is 3.45. The Labute approximate surface area is 165 Å². The molecule has 0 saturated heterocycles. The summed E-state index contributed by atoms with van der Waals surface area (Å²) in [6.07, 6.45) is 0. The van der Waals surface area contributed by atoms with E-state index in [1.54, 1.807) is 0 Å². The van der Waals surface area contributed by atoms with Gasteiger partial charge in [0.1, 0.15) is 17.7 Å². The lowest BCUT2D eigenvalue weighted by Gasteiger charge is -2.14. The van der Waals surface area contributed by atoms with E-state index in [2.05, 4.69) is 90.6 Å². The van der Waals surface area contributed by atoms with Crippen LogP contribution in [-0.4, -0.2) is 33.2 Å². The van der Waals surface area contributed by atoms with Gasteiger partial charge in [0.2, 0.25) is 5.36 Å². The minimum atomic E-state index is 0. The maximum Gasteiger partial charge on any atom is 0.214 e. The summed E-state index contributed by atoms with van der Waals surface area (Å²) in [5.74, 6) is 0. The van der Waals surface area contributed by atoms with E-state index in [0.717, 1.165) is 11.2 Å². The second kappa shape index (κ2) is 6.96. The average molecular weight is 539 g/mol. The van der Waals surface area contributed by atoms with Crippen molar-refractivity contribution in [2.24, 2.45) is 0 Å². The van der Waals surface area contributed by atoms with Crippen molar-refractivity contribution in [1.82, 2.24) is 9.56 Å². The van der Waals surface area contributed by atoms with Crippen LogP contribution in [-0.2, 0) is 0 Å². The molecule has 0 unspecified atom stereocenters. The number of halogens is 2. The minimum Gasteiger partial charge on any atom is -1.00 e. The van der Waals surface area contributed by atoms with Crippen LogP contribution < -0.4 is 38.8 Å². The molecule has 1 aromatic carbocycles. The molecule has 3 rings (SSSR count). The summed E-state index contributed by atoms with van der Waals surface area (Å²) in [6.45, 7) is 0. The van der Waals surface area contributed by atoms with Crippen LogP contribution >= 0.6 is 33.9 Å². The molecule has 0 amide bonds. The number of hydrogen-bond acceptors (Lipinski definition) is 3. The van der Waals surface area contributed by atoms with E-state index in [1.165, 1.54) is 24.2 Å². The Bertz CT molecular complexity index is 867. The number of rotatable bonds is 1. The molecule has 1 heterocycles. The van der Waals surface area contributed by atoms with Crippen LogP contribution in [0.25, 0.3) is 20.8 Å².